The lowest BCUT2D eigenvalue weighted by Gasteiger charge is -2.34. The Morgan fingerprint density at radius 2 is 2.27 bits per heavy atom. The first kappa shape index (κ1) is 12.9. The van der Waals surface area contributed by atoms with Crippen LogP contribution in [0.5, 0.6) is 0 Å². The Morgan fingerprint density at radius 3 is 2.87 bits per heavy atom. The highest BCUT2D eigenvalue weighted by Gasteiger charge is 2.22. The summed E-state index contributed by atoms with van der Waals surface area (Å²) in [5, 5.41) is 9.01. The molecule has 15 heavy (non-hydrogen) atoms. The predicted octanol–water partition coefficient (Wildman–Crippen LogP) is 0.0545. The number of aliphatic hydroxyl groups is 1. The molecule has 0 aromatic rings. The van der Waals surface area contributed by atoms with E-state index >= 15 is 0 Å². The van der Waals surface area contributed by atoms with Crippen molar-refractivity contribution in [2.75, 3.05) is 39.4 Å². The molecule has 1 atom stereocenters. The zero-order valence-corrected chi connectivity index (χ0v) is 9.91. The number of ether oxygens (including phenoxy) is 1. The number of hydrogen-bond donors (Lipinski definition) is 2. The molecule has 0 amide bonds. The molecule has 4 nitrogen and oxygen atoms in total. The van der Waals surface area contributed by atoms with Crippen LogP contribution in [-0.2, 0) is 4.74 Å². The van der Waals surface area contributed by atoms with Crippen LogP contribution in [0.1, 0.15) is 20.3 Å². The number of nitrogens with two attached hydrogens (primary N) is 1. The Hall–Kier alpha value is -0.160. The first-order valence-corrected chi connectivity index (χ1v) is 5.72. The SMILES string of the molecule is CC(C)(CN)CCN1CCOC(CO)C1. The Kier molecular flexibility index (Phi) is 4.99. The van der Waals surface area contributed by atoms with E-state index in [0.717, 1.165) is 39.2 Å². The lowest BCUT2D eigenvalue weighted by atomic mass is 9.89. The topological polar surface area (TPSA) is 58.7 Å². The number of aliphatic hydroxyl groups excluding tert-OH is 1. The second-order valence-electron chi connectivity index (χ2n) is 5.09. The molecule has 0 saturated carbocycles. The van der Waals surface area contributed by atoms with Gasteiger partial charge in [-0.1, -0.05) is 13.8 Å². The molecule has 0 aliphatic carbocycles. The van der Waals surface area contributed by atoms with Gasteiger partial charge in [0, 0.05) is 13.1 Å². The summed E-state index contributed by atoms with van der Waals surface area (Å²) in [6.45, 7) is 8.82. The quantitative estimate of drug-likeness (QED) is 0.682. The van der Waals surface area contributed by atoms with Crippen LogP contribution in [0.15, 0.2) is 0 Å². The van der Waals surface area contributed by atoms with Gasteiger partial charge < -0.3 is 15.6 Å². The summed E-state index contributed by atoms with van der Waals surface area (Å²) in [5.74, 6) is 0. The Balaban J connectivity index is 2.26. The number of nitrogens with zero attached hydrogens (tertiary/aromatic N) is 1. The van der Waals surface area contributed by atoms with E-state index in [1.54, 1.807) is 0 Å². The van der Waals surface area contributed by atoms with Gasteiger partial charge in [-0.15, -0.1) is 0 Å². The summed E-state index contributed by atoms with van der Waals surface area (Å²) in [7, 11) is 0. The van der Waals surface area contributed by atoms with Crippen LogP contribution in [-0.4, -0.2) is 55.5 Å². The summed E-state index contributed by atoms with van der Waals surface area (Å²) >= 11 is 0. The maximum atomic E-state index is 9.01. The zero-order valence-electron chi connectivity index (χ0n) is 9.91. The van der Waals surface area contributed by atoms with E-state index in [-0.39, 0.29) is 18.1 Å². The molecule has 1 heterocycles. The maximum Gasteiger partial charge on any atom is 0.0932 e. The van der Waals surface area contributed by atoms with Crippen molar-refractivity contribution in [2.45, 2.75) is 26.4 Å². The molecule has 1 aliphatic heterocycles. The predicted molar refractivity (Wildman–Crippen MR) is 60.7 cm³/mol. The van der Waals surface area contributed by atoms with Crippen molar-refractivity contribution in [3.8, 4) is 0 Å². The molecule has 0 aromatic heterocycles. The van der Waals surface area contributed by atoms with Crippen LogP contribution in [0.4, 0.5) is 0 Å². The Bertz CT molecular complexity index is 185. The standard InChI is InChI=1S/C11H24N2O2/c1-11(2,9-12)3-4-13-5-6-15-10(7-13)8-14/h10,14H,3-9,12H2,1-2H3. The minimum absolute atomic E-state index is 0.000242. The van der Waals surface area contributed by atoms with Crippen molar-refractivity contribution in [3.63, 3.8) is 0 Å². The molecule has 0 bridgehead atoms. The first-order chi connectivity index (χ1) is 7.07. The molecular formula is C11H24N2O2. The van der Waals surface area contributed by atoms with Crippen molar-refractivity contribution in [2.24, 2.45) is 11.1 Å². The van der Waals surface area contributed by atoms with Gasteiger partial charge in [0.25, 0.3) is 0 Å². The summed E-state index contributed by atoms with van der Waals surface area (Å²) in [4.78, 5) is 2.35. The fourth-order valence-corrected chi connectivity index (χ4v) is 1.66. The van der Waals surface area contributed by atoms with Gasteiger partial charge in [0.15, 0.2) is 0 Å². The van der Waals surface area contributed by atoms with E-state index in [0.29, 0.717) is 0 Å². The summed E-state index contributed by atoms with van der Waals surface area (Å²) < 4.78 is 5.40. The van der Waals surface area contributed by atoms with Crippen LogP contribution >= 0.6 is 0 Å². The van der Waals surface area contributed by atoms with Crippen molar-refractivity contribution < 1.29 is 9.84 Å². The lowest BCUT2D eigenvalue weighted by Crippen LogP contribution is -2.45. The smallest absolute Gasteiger partial charge is 0.0932 e. The molecular weight excluding hydrogens is 192 g/mol. The maximum absolute atomic E-state index is 9.01. The van der Waals surface area contributed by atoms with Crippen molar-refractivity contribution in [1.29, 1.82) is 0 Å². The number of hydrogen-bond acceptors (Lipinski definition) is 4. The van der Waals surface area contributed by atoms with E-state index in [1.807, 2.05) is 0 Å². The van der Waals surface area contributed by atoms with Crippen LogP contribution in [0.2, 0.25) is 0 Å². The number of rotatable bonds is 5. The minimum Gasteiger partial charge on any atom is -0.394 e. The second-order valence-corrected chi connectivity index (χ2v) is 5.09. The molecule has 1 rings (SSSR count). The average Bonchev–Trinajstić information content (AvgIpc) is 2.27. The fourth-order valence-electron chi connectivity index (χ4n) is 1.66. The average molecular weight is 216 g/mol. The van der Waals surface area contributed by atoms with Crippen molar-refractivity contribution in [3.05, 3.63) is 0 Å². The lowest BCUT2D eigenvalue weighted by molar-refractivity contribution is -0.0546. The zero-order chi connectivity index (χ0) is 11.3. The Morgan fingerprint density at radius 1 is 1.53 bits per heavy atom. The normalized spacial score (nSPS) is 24.4. The molecule has 0 radical (unpaired) electrons. The first-order valence-electron chi connectivity index (χ1n) is 5.72. The fraction of sp³-hybridized carbons (Fsp3) is 1.00. The summed E-state index contributed by atoms with van der Waals surface area (Å²) in [6, 6.07) is 0. The van der Waals surface area contributed by atoms with Gasteiger partial charge in [0.2, 0.25) is 0 Å². The molecule has 0 aromatic carbocycles. The van der Waals surface area contributed by atoms with Gasteiger partial charge in [-0.05, 0) is 24.9 Å². The minimum atomic E-state index is -0.000242. The summed E-state index contributed by atoms with van der Waals surface area (Å²) in [5.41, 5.74) is 5.91. The van der Waals surface area contributed by atoms with Crippen molar-refractivity contribution in [1.82, 2.24) is 4.90 Å². The van der Waals surface area contributed by atoms with Crippen LogP contribution in [0.3, 0.4) is 0 Å². The van der Waals surface area contributed by atoms with Gasteiger partial charge in [0.1, 0.15) is 0 Å². The molecule has 1 unspecified atom stereocenters. The van der Waals surface area contributed by atoms with Gasteiger partial charge in [-0.25, -0.2) is 0 Å². The molecule has 1 aliphatic rings. The third-order valence-corrected chi connectivity index (χ3v) is 3.08. The third kappa shape index (κ3) is 4.47. The molecule has 90 valence electrons. The molecule has 0 spiro atoms. The van der Waals surface area contributed by atoms with Crippen LogP contribution in [0, 0.1) is 5.41 Å². The second kappa shape index (κ2) is 5.80. The van der Waals surface area contributed by atoms with Crippen LogP contribution in [0.25, 0.3) is 0 Å². The van der Waals surface area contributed by atoms with Gasteiger partial charge in [-0.3, -0.25) is 4.90 Å². The monoisotopic (exact) mass is 216 g/mol. The van der Waals surface area contributed by atoms with Gasteiger partial charge in [-0.2, -0.15) is 0 Å². The van der Waals surface area contributed by atoms with E-state index < -0.39 is 0 Å². The van der Waals surface area contributed by atoms with Gasteiger partial charge >= 0.3 is 0 Å². The molecule has 1 fully saturated rings. The van der Waals surface area contributed by atoms with E-state index in [2.05, 4.69) is 18.7 Å². The summed E-state index contributed by atoms with van der Waals surface area (Å²) in [6.07, 6.45) is 1.10. The molecule has 4 heteroatoms. The van der Waals surface area contributed by atoms with E-state index in [9.17, 15) is 0 Å². The number of morpholine rings is 1. The van der Waals surface area contributed by atoms with Crippen LogP contribution < -0.4 is 5.73 Å². The van der Waals surface area contributed by atoms with E-state index in [4.69, 9.17) is 15.6 Å². The highest BCUT2D eigenvalue weighted by Crippen LogP contribution is 2.19. The largest absolute Gasteiger partial charge is 0.394 e. The highest BCUT2D eigenvalue weighted by molar-refractivity contribution is 4.75. The molecule has 3 N–H and O–H groups in total. The third-order valence-electron chi connectivity index (χ3n) is 3.08. The van der Waals surface area contributed by atoms with Crippen molar-refractivity contribution >= 4 is 0 Å². The van der Waals surface area contributed by atoms with Gasteiger partial charge in [0.05, 0.1) is 19.3 Å². The Labute approximate surface area is 92.4 Å². The highest BCUT2D eigenvalue weighted by atomic mass is 16.5. The van der Waals surface area contributed by atoms with E-state index in [1.165, 1.54) is 0 Å². The molecule has 1 saturated heterocycles.